The van der Waals surface area contributed by atoms with Crippen LogP contribution in [0.1, 0.15) is 30.9 Å². The number of carbonyl (C=O) groups is 1. The Morgan fingerprint density at radius 2 is 1.75 bits per heavy atom. The van der Waals surface area contributed by atoms with E-state index in [4.69, 9.17) is 9.26 Å². The summed E-state index contributed by atoms with van der Waals surface area (Å²) >= 11 is 0. The van der Waals surface area contributed by atoms with Gasteiger partial charge >= 0.3 is 0 Å². The molecule has 7 nitrogen and oxygen atoms in total. The maximum Gasteiger partial charge on any atom is 0.261 e. The predicted octanol–water partition coefficient (Wildman–Crippen LogP) is 3.86. The summed E-state index contributed by atoms with van der Waals surface area (Å²) in [5.74, 6) is 0.171. The maximum atomic E-state index is 13.6. The molecule has 0 fully saturated rings. The smallest absolute Gasteiger partial charge is 0.261 e. The van der Waals surface area contributed by atoms with Crippen molar-refractivity contribution >= 4 is 24.2 Å². The summed E-state index contributed by atoms with van der Waals surface area (Å²) in [6, 6.07) is 13.1. The topological polar surface area (TPSA) is 84.9 Å². The molecular weight excluding hydrogens is 444 g/mol. The molecule has 9 heteroatoms. The summed E-state index contributed by atoms with van der Waals surface area (Å²) in [7, 11) is -5.94. The van der Waals surface area contributed by atoms with Crippen LogP contribution in [0, 0.1) is 0 Å². The van der Waals surface area contributed by atoms with Crippen LogP contribution in [-0.2, 0) is 32.3 Å². The molecule has 1 aliphatic rings. The summed E-state index contributed by atoms with van der Waals surface area (Å²) in [6.07, 6.45) is 2.24. The van der Waals surface area contributed by atoms with Crippen LogP contribution in [0.3, 0.4) is 0 Å². The number of hydroxylamine groups is 1. The van der Waals surface area contributed by atoms with E-state index in [0.717, 1.165) is 24.0 Å². The van der Waals surface area contributed by atoms with E-state index in [1.54, 1.807) is 12.1 Å². The molecule has 0 spiro atoms. The molecule has 174 valence electrons. The maximum absolute atomic E-state index is 13.6. The number of hydrogen-bond donors (Lipinski definition) is 1. The second-order valence-corrected chi connectivity index (χ2v) is 15.2. The first-order valence-electron chi connectivity index (χ1n) is 10.9. The average Bonchev–Trinajstić information content (AvgIpc) is 2.76. The zero-order valence-corrected chi connectivity index (χ0v) is 20.9. The Bertz CT molecular complexity index is 1040. The third kappa shape index (κ3) is 5.98. The van der Waals surface area contributed by atoms with Gasteiger partial charge in [0.1, 0.15) is 11.8 Å². The van der Waals surface area contributed by atoms with E-state index < -0.39 is 30.3 Å². The van der Waals surface area contributed by atoms with Gasteiger partial charge in [-0.1, -0.05) is 37.6 Å². The first-order valence-corrected chi connectivity index (χ1v) is 15.8. The van der Waals surface area contributed by atoms with Crippen molar-refractivity contribution in [3.63, 3.8) is 0 Å². The molecule has 0 aromatic heterocycles. The van der Waals surface area contributed by atoms with E-state index in [0.29, 0.717) is 12.4 Å². The number of unbranched alkanes of at least 4 members (excludes halogenated alkanes) is 1. The first-order chi connectivity index (χ1) is 15.1. The van der Waals surface area contributed by atoms with Gasteiger partial charge in [0.2, 0.25) is 18.3 Å². The monoisotopic (exact) mass is 476 g/mol. The van der Waals surface area contributed by atoms with Gasteiger partial charge in [0.05, 0.1) is 11.5 Å². The molecule has 0 aliphatic carbocycles. The number of carbonyl (C=O) groups excluding carboxylic acids is 1. The first kappa shape index (κ1) is 24.4. The quantitative estimate of drug-likeness (QED) is 0.337. The molecule has 0 saturated carbocycles. The molecule has 0 saturated heterocycles. The average molecular weight is 477 g/mol. The van der Waals surface area contributed by atoms with Gasteiger partial charge in [-0.05, 0) is 67.9 Å². The zero-order chi connectivity index (χ0) is 23.4. The van der Waals surface area contributed by atoms with Crippen LogP contribution in [0.2, 0.25) is 19.6 Å². The molecule has 2 aromatic rings. The summed E-state index contributed by atoms with van der Waals surface area (Å²) in [6.45, 7) is 8.63. The third-order valence-corrected chi connectivity index (χ3v) is 7.75. The van der Waals surface area contributed by atoms with Crippen molar-refractivity contribution in [1.82, 2.24) is 9.79 Å². The molecule has 0 bridgehead atoms. The fourth-order valence-electron chi connectivity index (χ4n) is 3.42. The van der Waals surface area contributed by atoms with Crippen LogP contribution in [-0.4, -0.2) is 39.6 Å². The van der Waals surface area contributed by atoms with Crippen molar-refractivity contribution in [3.8, 4) is 5.75 Å². The van der Waals surface area contributed by atoms with Crippen molar-refractivity contribution in [3.05, 3.63) is 59.7 Å². The largest absolute Gasteiger partial charge is 0.494 e. The number of benzene rings is 2. The molecule has 0 unspecified atom stereocenters. The minimum Gasteiger partial charge on any atom is -0.494 e. The fraction of sp³-hybridized carbons (Fsp3) is 0.435. The lowest BCUT2D eigenvalue weighted by atomic mass is 9.95. The van der Waals surface area contributed by atoms with Crippen LogP contribution in [0.4, 0.5) is 0 Å². The summed E-state index contributed by atoms with van der Waals surface area (Å²) in [4.78, 5) is 13.1. The lowest BCUT2D eigenvalue weighted by Crippen LogP contribution is -2.53. The van der Waals surface area contributed by atoms with Crippen molar-refractivity contribution in [2.24, 2.45) is 0 Å². The molecule has 1 heterocycles. The number of sulfonamides is 1. The van der Waals surface area contributed by atoms with E-state index in [2.05, 4.69) is 12.4 Å². The summed E-state index contributed by atoms with van der Waals surface area (Å²) in [5, 5.41) is 0. The Hall–Kier alpha value is -2.20. The third-order valence-electron chi connectivity index (χ3n) is 5.16. The van der Waals surface area contributed by atoms with Crippen molar-refractivity contribution in [2.75, 3.05) is 6.61 Å². The molecule has 3 rings (SSSR count). The van der Waals surface area contributed by atoms with Crippen molar-refractivity contribution < 1.29 is 22.5 Å². The Labute approximate surface area is 191 Å². The summed E-state index contributed by atoms with van der Waals surface area (Å²) in [5.41, 5.74) is 4.37. The van der Waals surface area contributed by atoms with Crippen LogP contribution < -0.4 is 10.2 Å². The molecule has 1 amide bonds. The van der Waals surface area contributed by atoms with Gasteiger partial charge in [0.15, 0.2) is 0 Å². The second kappa shape index (κ2) is 10.2. The Morgan fingerprint density at radius 1 is 1.09 bits per heavy atom. The Kier molecular flexibility index (Phi) is 7.76. The van der Waals surface area contributed by atoms with Gasteiger partial charge in [-0.2, -0.15) is 4.31 Å². The molecule has 1 atom stereocenters. The molecule has 0 radical (unpaired) electrons. The standard InChI is InChI=1S/C23H32N2O5SSi/c1-5-6-15-29-20-11-13-21(14-12-20)31(27,28)25-17-19-10-8-7-9-18(19)16-22(25)23(26)24-30-32(2,3)4/h7-14,22H,5-6,15-17H2,1-4H3,(H,24,26)/t22-/m1/s1. The Balaban J connectivity index is 1.87. The van der Waals surface area contributed by atoms with Crippen LogP contribution >= 0.6 is 0 Å². The van der Waals surface area contributed by atoms with Gasteiger partial charge < -0.3 is 9.26 Å². The number of fused-ring (bicyclic) bond motifs is 1. The normalized spacial score (nSPS) is 16.9. The highest BCUT2D eigenvalue weighted by atomic mass is 32.2. The number of nitrogens with zero attached hydrogens (tertiary/aromatic N) is 1. The summed E-state index contributed by atoms with van der Waals surface area (Å²) < 4.78 is 39.6. The number of hydrogen-bond acceptors (Lipinski definition) is 5. The number of nitrogens with one attached hydrogen (secondary N) is 1. The van der Waals surface area contributed by atoms with Gasteiger partial charge in [-0.25, -0.2) is 13.9 Å². The fourth-order valence-corrected chi connectivity index (χ4v) is 5.40. The second-order valence-electron chi connectivity index (χ2n) is 8.89. The lowest BCUT2D eigenvalue weighted by molar-refractivity contribution is -0.132. The highest BCUT2D eigenvalue weighted by Gasteiger charge is 2.40. The van der Waals surface area contributed by atoms with Gasteiger partial charge in [-0.3, -0.25) is 4.79 Å². The van der Waals surface area contributed by atoms with Crippen LogP contribution in [0.25, 0.3) is 0 Å². The molecule has 1 aliphatic heterocycles. The molecule has 1 N–H and O–H groups in total. The van der Waals surface area contributed by atoms with Crippen LogP contribution in [0.5, 0.6) is 5.75 Å². The number of ether oxygens (including phenoxy) is 1. The predicted molar refractivity (Wildman–Crippen MR) is 126 cm³/mol. The van der Waals surface area contributed by atoms with E-state index in [-0.39, 0.29) is 17.9 Å². The minimum atomic E-state index is -3.92. The van der Waals surface area contributed by atoms with Gasteiger partial charge in [0, 0.05) is 6.54 Å². The van der Waals surface area contributed by atoms with E-state index >= 15 is 0 Å². The SMILES string of the molecule is CCCCOc1ccc(S(=O)(=O)N2Cc3ccccc3C[C@@H]2C(=O)NO[Si](C)(C)C)cc1. The van der Waals surface area contributed by atoms with Crippen LogP contribution in [0.15, 0.2) is 53.4 Å². The van der Waals surface area contributed by atoms with Crippen molar-refractivity contribution in [1.29, 1.82) is 0 Å². The molecule has 2 aromatic carbocycles. The zero-order valence-electron chi connectivity index (χ0n) is 19.1. The molecular formula is C23H32N2O5SSi. The minimum absolute atomic E-state index is 0.123. The highest BCUT2D eigenvalue weighted by Crippen LogP contribution is 2.30. The number of rotatable bonds is 9. The van der Waals surface area contributed by atoms with Crippen molar-refractivity contribution in [2.45, 2.75) is 63.3 Å². The van der Waals surface area contributed by atoms with E-state index in [1.807, 2.05) is 43.9 Å². The highest BCUT2D eigenvalue weighted by molar-refractivity contribution is 7.89. The number of amides is 1. The van der Waals surface area contributed by atoms with E-state index in [1.165, 1.54) is 16.4 Å². The van der Waals surface area contributed by atoms with Gasteiger partial charge in [0.25, 0.3) is 5.91 Å². The van der Waals surface area contributed by atoms with Gasteiger partial charge in [-0.15, -0.1) is 0 Å². The molecule has 32 heavy (non-hydrogen) atoms. The van der Waals surface area contributed by atoms with E-state index in [9.17, 15) is 13.2 Å². The Morgan fingerprint density at radius 3 is 2.38 bits per heavy atom. The lowest BCUT2D eigenvalue weighted by Gasteiger charge is -2.35.